The quantitative estimate of drug-likeness (QED) is 0.883. The second kappa shape index (κ2) is 7.74. The van der Waals surface area contributed by atoms with Gasteiger partial charge in [-0.1, -0.05) is 37.3 Å². The number of hydrogen-bond acceptors (Lipinski definition) is 3. The van der Waals surface area contributed by atoms with Crippen LogP contribution in [0.5, 0.6) is 0 Å². The molecular weight excluding hydrogens is 338 g/mol. The molecule has 2 fully saturated rings. The van der Waals surface area contributed by atoms with Crippen molar-refractivity contribution < 1.29 is 13.2 Å². The van der Waals surface area contributed by atoms with Gasteiger partial charge in [0, 0.05) is 32.7 Å². The van der Waals surface area contributed by atoms with Gasteiger partial charge < -0.3 is 10.2 Å². The number of carbonyl (C=O) groups is 1. The molecule has 1 aromatic carbocycles. The zero-order valence-corrected chi connectivity index (χ0v) is 15.5. The molecule has 2 saturated heterocycles. The van der Waals surface area contributed by atoms with Crippen LogP contribution in [-0.2, 0) is 16.4 Å². The largest absolute Gasteiger partial charge is 0.338 e. The van der Waals surface area contributed by atoms with E-state index >= 15 is 0 Å². The van der Waals surface area contributed by atoms with Crippen LogP contribution in [0.15, 0.2) is 30.3 Å². The topological polar surface area (TPSA) is 69.7 Å². The number of nitrogens with one attached hydrogen (secondary N) is 1. The summed E-state index contributed by atoms with van der Waals surface area (Å²) >= 11 is 0. The maximum atomic E-state index is 12.5. The van der Waals surface area contributed by atoms with Gasteiger partial charge in [-0.3, -0.25) is 0 Å². The van der Waals surface area contributed by atoms with E-state index < -0.39 is 10.0 Å². The van der Waals surface area contributed by atoms with E-state index in [2.05, 4.69) is 5.32 Å². The Morgan fingerprint density at radius 3 is 2.64 bits per heavy atom. The van der Waals surface area contributed by atoms with Crippen LogP contribution in [0.25, 0.3) is 0 Å². The molecule has 0 aliphatic carbocycles. The summed E-state index contributed by atoms with van der Waals surface area (Å²) in [5.41, 5.74) is 1.19. The molecule has 0 saturated carbocycles. The Bertz CT molecular complexity index is 693. The standard InChI is InChI=1S/C18H27N3O3S/c1-2-21-14-16-9-12-20(13-10-17(16)25(21,23)24)18(22)19-11-8-15-6-4-3-5-7-15/h3-7,16-17H,2,8-14H2,1H3,(H,19,22)/t16-,17-/m0/s1. The average molecular weight is 365 g/mol. The van der Waals surface area contributed by atoms with Crippen molar-refractivity contribution in [1.82, 2.24) is 14.5 Å². The molecule has 0 radical (unpaired) electrons. The third-order valence-electron chi connectivity index (χ3n) is 5.33. The van der Waals surface area contributed by atoms with Crippen molar-refractivity contribution in [3.05, 3.63) is 35.9 Å². The van der Waals surface area contributed by atoms with Gasteiger partial charge in [-0.2, -0.15) is 0 Å². The van der Waals surface area contributed by atoms with E-state index in [1.165, 1.54) is 5.56 Å². The van der Waals surface area contributed by atoms with Gasteiger partial charge in [0.1, 0.15) is 0 Å². The van der Waals surface area contributed by atoms with Crippen LogP contribution in [0.3, 0.4) is 0 Å². The highest BCUT2D eigenvalue weighted by Crippen LogP contribution is 2.33. The number of hydrogen-bond donors (Lipinski definition) is 1. The van der Waals surface area contributed by atoms with Gasteiger partial charge >= 0.3 is 6.03 Å². The normalized spacial score (nSPS) is 26.0. The van der Waals surface area contributed by atoms with Crippen molar-refractivity contribution in [2.24, 2.45) is 5.92 Å². The van der Waals surface area contributed by atoms with Crippen molar-refractivity contribution in [2.45, 2.75) is 31.4 Å². The zero-order valence-electron chi connectivity index (χ0n) is 14.7. The average Bonchev–Trinajstić information content (AvgIpc) is 2.76. The minimum atomic E-state index is -3.19. The summed E-state index contributed by atoms with van der Waals surface area (Å²) in [6.07, 6.45) is 2.09. The predicted octanol–water partition coefficient (Wildman–Crippen LogP) is 1.68. The molecular formula is C18H27N3O3S. The molecule has 25 heavy (non-hydrogen) atoms. The number of benzene rings is 1. The van der Waals surface area contributed by atoms with E-state index in [9.17, 15) is 13.2 Å². The van der Waals surface area contributed by atoms with E-state index in [0.717, 1.165) is 12.8 Å². The van der Waals surface area contributed by atoms with Crippen LogP contribution in [0.1, 0.15) is 25.3 Å². The third kappa shape index (κ3) is 3.98. The van der Waals surface area contributed by atoms with Crippen molar-refractivity contribution in [3.8, 4) is 0 Å². The summed E-state index contributed by atoms with van der Waals surface area (Å²) < 4.78 is 26.6. The van der Waals surface area contributed by atoms with Crippen LogP contribution in [0.4, 0.5) is 4.79 Å². The summed E-state index contributed by atoms with van der Waals surface area (Å²) in [4.78, 5) is 14.2. The maximum absolute atomic E-state index is 12.5. The molecule has 2 aliphatic heterocycles. The molecule has 7 heteroatoms. The number of rotatable bonds is 4. The van der Waals surface area contributed by atoms with E-state index in [0.29, 0.717) is 39.1 Å². The molecule has 138 valence electrons. The summed E-state index contributed by atoms with van der Waals surface area (Å²) in [6, 6.07) is 9.97. The smallest absolute Gasteiger partial charge is 0.317 e. The highest BCUT2D eigenvalue weighted by molar-refractivity contribution is 7.90. The van der Waals surface area contributed by atoms with Crippen LogP contribution >= 0.6 is 0 Å². The fourth-order valence-electron chi connectivity index (χ4n) is 3.88. The lowest BCUT2D eigenvalue weighted by atomic mass is 10.0. The highest BCUT2D eigenvalue weighted by Gasteiger charge is 2.46. The second-order valence-electron chi connectivity index (χ2n) is 6.83. The van der Waals surface area contributed by atoms with Gasteiger partial charge in [0.05, 0.1) is 5.25 Å². The van der Waals surface area contributed by atoms with Crippen molar-refractivity contribution in [2.75, 3.05) is 32.7 Å². The summed E-state index contributed by atoms with van der Waals surface area (Å²) in [5, 5.41) is 2.64. The van der Waals surface area contributed by atoms with Crippen molar-refractivity contribution in [1.29, 1.82) is 0 Å². The predicted molar refractivity (Wildman–Crippen MR) is 97.8 cm³/mol. The molecule has 6 nitrogen and oxygen atoms in total. The van der Waals surface area contributed by atoms with Gasteiger partial charge in [0.25, 0.3) is 0 Å². The van der Waals surface area contributed by atoms with Gasteiger partial charge in [0.15, 0.2) is 0 Å². The Morgan fingerprint density at radius 2 is 1.92 bits per heavy atom. The van der Waals surface area contributed by atoms with E-state index in [1.807, 2.05) is 37.3 Å². The molecule has 3 rings (SSSR count). The fraction of sp³-hybridized carbons (Fsp3) is 0.611. The maximum Gasteiger partial charge on any atom is 0.317 e. The summed E-state index contributed by atoms with van der Waals surface area (Å²) in [7, 11) is -3.19. The van der Waals surface area contributed by atoms with Gasteiger partial charge in [-0.15, -0.1) is 0 Å². The van der Waals surface area contributed by atoms with Crippen LogP contribution in [0, 0.1) is 5.92 Å². The fourth-order valence-corrected chi connectivity index (χ4v) is 6.13. The molecule has 0 unspecified atom stereocenters. The Kier molecular flexibility index (Phi) is 5.64. The Balaban J connectivity index is 1.51. The first-order valence-corrected chi connectivity index (χ1v) is 10.6. The van der Waals surface area contributed by atoms with Gasteiger partial charge in [-0.25, -0.2) is 17.5 Å². The molecule has 2 aliphatic rings. The van der Waals surface area contributed by atoms with Crippen LogP contribution in [-0.4, -0.2) is 61.6 Å². The molecule has 2 amide bonds. The number of sulfonamides is 1. The molecule has 2 atom stereocenters. The van der Waals surface area contributed by atoms with Gasteiger partial charge in [-0.05, 0) is 30.7 Å². The van der Waals surface area contributed by atoms with E-state index in [4.69, 9.17) is 0 Å². The highest BCUT2D eigenvalue weighted by atomic mass is 32.2. The molecule has 1 aromatic rings. The number of fused-ring (bicyclic) bond motifs is 1. The van der Waals surface area contributed by atoms with Gasteiger partial charge in [0.2, 0.25) is 10.0 Å². The Morgan fingerprint density at radius 1 is 1.20 bits per heavy atom. The minimum absolute atomic E-state index is 0.0827. The van der Waals surface area contributed by atoms with E-state index in [-0.39, 0.29) is 17.2 Å². The lowest BCUT2D eigenvalue weighted by molar-refractivity contribution is 0.198. The number of carbonyl (C=O) groups excluding carboxylic acids is 1. The molecule has 0 spiro atoms. The van der Waals surface area contributed by atoms with Crippen LogP contribution < -0.4 is 5.32 Å². The molecule has 2 heterocycles. The third-order valence-corrected chi connectivity index (χ3v) is 7.85. The molecule has 0 bridgehead atoms. The van der Waals surface area contributed by atoms with E-state index in [1.54, 1.807) is 9.21 Å². The summed E-state index contributed by atoms with van der Waals surface area (Å²) in [5.74, 6) is 0.145. The monoisotopic (exact) mass is 365 g/mol. The van der Waals surface area contributed by atoms with Crippen molar-refractivity contribution in [3.63, 3.8) is 0 Å². The first-order valence-electron chi connectivity index (χ1n) is 9.08. The SMILES string of the molecule is CCN1C[C@@H]2CCN(C(=O)NCCc3ccccc3)CC[C@@H]2S1(=O)=O. The summed E-state index contributed by atoms with van der Waals surface area (Å²) in [6.45, 7) is 4.76. The number of nitrogens with zero attached hydrogens (tertiary/aromatic N) is 2. The molecule has 1 N–H and O–H groups in total. The molecule has 0 aromatic heterocycles. The minimum Gasteiger partial charge on any atom is -0.338 e. The second-order valence-corrected chi connectivity index (χ2v) is 8.98. The van der Waals surface area contributed by atoms with Crippen molar-refractivity contribution >= 4 is 16.1 Å². The number of likely N-dealkylation sites (tertiary alicyclic amines) is 1. The number of amides is 2. The zero-order chi connectivity index (χ0) is 17.9. The Labute approximate surface area is 150 Å². The first-order chi connectivity index (χ1) is 12.0. The lowest BCUT2D eigenvalue weighted by Crippen LogP contribution is -2.42. The lowest BCUT2D eigenvalue weighted by Gasteiger charge is -2.22. The Hall–Kier alpha value is -1.60. The first kappa shape index (κ1) is 18.2. The number of urea groups is 1. The van der Waals surface area contributed by atoms with Crippen LogP contribution in [0.2, 0.25) is 0 Å².